The van der Waals surface area contributed by atoms with Gasteiger partial charge in [0.2, 0.25) is 0 Å². The fourth-order valence-corrected chi connectivity index (χ4v) is 1.26. The summed E-state index contributed by atoms with van der Waals surface area (Å²) in [5, 5.41) is 0. The molecule has 0 bridgehead atoms. The molecule has 9 heavy (non-hydrogen) atoms. The van der Waals surface area contributed by atoms with Gasteiger partial charge >= 0.3 is 0 Å². The number of ketones is 1. The van der Waals surface area contributed by atoms with Crippen molar-refractivity contribution in [1.82, 2.24) is 0 Å². The van der Waals surface area contributed by atoms with Crippen molar-refractivity contribution in [1.29, 1.82) is 0 Å². The lowest BCUT2D eigenvalue weighted by atomic mass is 10.1. The molecule has 1 aliphatic carbocycles. The lowest BCUT2D eigenvalue weighted by Crippen LogP contribution is -1.90. The minimum Gasteiger partial charge on any atom is -0.299 e. The van der Waals surface area contributed by atoms with E-state index in [4.69, 9.17) is 0 Å². The molecular weight excluding hydrogens is 112 g/mol. The molecule has 0 N–H and O–H groups in total. The number of carbonyl (C=O) groups excluding carboxylic acids is 1. The summed E-state index contributed by atoms with van der Waals surface area (Å²) < 4.78 is 0. The molecular formula is C8H14O. The molecule has 1 nitrogen and oxygen atoms in total. The third kappa shape index (κ3) is 1.32. The highest BCUT2D eigenvalue weighted by Crippen LogP contribution is 2.37. The lowest BCUT2D eigenvalue weighted by Gasteiger charge is -1.98. The van der Waals surface area contributed by atoms with Gasteiger partial charge in [0.25, 0.3) is 0 Å². The second-order valence-corrected chi connectivity index (χ2v) is 3.43. The maximum Gasteiger partial charge on any atom is 0.140 e. The van der Waals surface area contributed by atoms with Crippen LogP contribution in [0.4, 0.5) is 0 Å². The molecule has 0 aromatic rings. The summed E-state index contributed by atoms with van der Waals surface area (Å²) in [6.07, 6.45) is 1.10. The first kappa shape index (κ1) is 6.79. The molecule has 0 heterocycles. The van der Waals surface area contributed by atoms with Crippen LogP contribution in [0.3, 0.4) is 0 Å². The first-order valence-corrected chi connectivity index (χ1v) is 3.66. The molecule has 0 aromatic carbocycles. The van der Waals surface area contributed by atoms with Crippen LogP contribution in [0.5, 0.6) is 0 Å². The van der Waals surface area contributed by atoms with Crippen LogP contribution in [0.2, 0.25) is 0 Å². The smallest absolute Gasteiger partial charge is 0.140 e. The van der Waals surface area contributed by atoms with Crippen molar-refractivity contribution in [2.24, 2.45) is 17.8 Å². The molecule has 52 valence electrons. The van der Waals surface area contributed by atoms with E-state index in [1.807, 2.05) is 6.92 Å². The van der Waals surface area contributed by atoms with Gasteiger partial charge in [-0.15, -0.1) is 0 Å². The minimum atomic E-state index is 0.382. The number of rotatable bonds is 2. The Kier molecular flexibility index (Phi) is 1.60. The topological polar surface area (TPSA) is 17.1 Å². The van der Waals surface area contributed by atoms with Crippen LogP contribution >= 0.6 is 0 Å². The normalized spacial score (nSPS) is 33.6. The maximum atomic E-state index is 10.8. The monoisotopic (exact) mass is 126 g/mol. The molecule has 2 atom stereocenters. The molecule has 1 rings (SSSR count). The van der Waals surface area contributed by atoms with Gasteiger partial charge in [0.15, 0.2) is 0 Å². The Morgan fingerprint density at radius 1 is 1.56 bits per heavy atom. The summed E-state index contributed by atoms with van der Waals surface area (Å²) >= 11 is 0. The van der Waals surface area contributed by atoms with Gasteiger partial charge in [0, 0.05) is 11.8 Å². The minimum absolute atomic E-state index is 0.382. The fraction of sp³-hybridized carbons (Fsp3) is 0.875. The summed E-state index contributed by atoms with van der Waals surface area (Å²) in [5.41, 5.74) is 0. The molecule has 0 amide bonds. The Bertz CT molecular complexity index is 127. The predicted molar refractivity (Wildman–Crippen MR) is 37.1 cm³/mol. The van der Waals surface area contributed by atoms with E-state index in [0.717, 1.165) is 6.42 Å². The van der Waals surface area contributed by atoms with Crippen molar-refractivity contribution in [3.8, 4) is 0 Å². The quantitative estimate of drug-likeness (QED) is 0.552. The van der Waals surface area contributed by atoms with Crippen molar-refractivity contribution in [3.05, 3.63) is 0 Å². The lowest BCUT2D eigenvalue weighted by molar-refractivity contribution is -0.112. The SMILES string of the molecule is CC(C)CC1C(=O)C1C. The Morgan fingerprint density at radius 2 is 2.00 bits per heavy atom. The van der Waals surface area contributed by atoms with Crippen LogP contribution in [-0.2, 0) is 4.79 Å². The third-order valence-corrected chi connectivity index (χ3v) is 2.03. The van der Waals surface area contributed by atoms with Gasteiger partial charge in [-0.2, -0.15) is 0 Å². The number of carbonyl (C=O) groups is 1. The zero-order valence-electron chi connectivity index (χ0n) is 6.35. The maximum absolute atomic E-state index is 10.8. The van der Waals surface area contributed by atoms with Crippen LogP contribution in [0.15, 0.2) is 0 Å². The van der Waals surface area contributed by atoms with Crippen molar-refractivity contribution in [3.63, 3.8) is 0 Å². The highest BCUT2D eigenvalue weighted by Gasteiger charge is 2.44. The number of hydrogen-bond acceptors (Lipinski definition) is 1. The molecule has 1 heteroatoms. The van der Waals surface area contributed by atoms with Crippen molar-refractivity contribution >= 4 is 5.78 Å². The van der Waals surface area contributed by atoms with Gasteiger partial charge in [0.05, 0.1) is 0 Å². The Labute approximate surface area is 56.4 Å². The standard InChI is InChI=1S/C8H14O/c1-5(2)4-7-6(3)8(7)9/h5-7H,4H2,1-3H3. The molecule has 0 aromatic heterocycles. The molecule has 0 aliphatic heterocycles. The van der Waals surface area contributed by atoms with E-state index in [0.29, 0.717) is 23.5 Å². The summed E-state index contributed by atoms with van der Waals surface area (Å²) in [6, 6.07) is 0. The van der Waals surface area contributed by atoms with E-state index in [1.165, 1.54) is 0 Å². The Balaban J connectivity index is 2.25. The zero-order chi connectivity index (χ0) is 7.02. The van der Waals surface area contributed by atoms with E-state index >= 15 is 0 Å². The van der Waals surface area contributed by atoms with E-state index < -0.39 is 0 Å². The molecule has 0 saturated heterocycles. The van der Waals surface area contributed by atoms with Crippen LogP contribution in [0, 0.1) is 17.8 Å². The molecule has 2 unspecified atom stereocenters. The van der Waals surface area contributed by atoms with Gasteiger partial charge < -0.3 is 0 Å². The van der Waals surface area contributed by atoms with Crippen molar-refractivity contribution in [2.75, 3.05) is 0 Å². The van der Waals surface area contributed by atoms with Gasteiger partial charge in [-0.25, -0.2) is 0 Å². The van der Waals surface area contributed by atoms with E-state index in [2.05, 4.69) is 13.8 Å². The van der Waals surface area contributed by atoms with E-state index in [-0.39, 0.29) is 0 Å². The first-order chi connectivity index (χ1) is 4.13. The van der Waals surface area contributed by atoms with Gasteiger partial charge in [0.1, 0.15) is 5.78 Å². The predicted octanol–water partition coefficient (Wildman–Crippen LogP) is 1.87. The third-order valence-electron chi connectivity index (χ3n) is 2.03. The van der Waals surface area contributed by atoms with Gasteiger partial charge in [-0.1, -0.05) is 20.8 Å². The van der Waals surface area contributed by atoms with Crippen LogP contribution < -0.4 is 0 Å². The van der Waals surface area contributed by atoms with Crippen LogP contribution in [-0.4, -0.2) is 5.78 Å². The molecule has 1 saturated carbocycles. The van der Waals surface area contributed by atoms with Crippen molar-refractivity contribution in [2.45, 2.75) is 27.2 Å². The van der Waals surface area contributed by atoms with Crippen molar-refractivity contribution < 1.29 is 4.79 Å². The second-order valence-electron chi connectivity index (χ2n) is 3.43. The summed E-state index contributed by atoms with van der Waals surface area (Å²) in [7, 11) is 0. The Morgan fingerprint density at radius 3 is 2.11 bits per heavy atom. The molecule has 0 radical (unpaired) electrons. The summed E-state index contributed by atoms with van der Waals surface area (Å²) in [4.78, 5) is 10.8. The highest BCUT2D eigenvalue weighted by molar-refractivity contribution is 5.98. The van der Waals surface area contributed by atoms with E-state index in [9.17, 15) is 4.79 Å². The summed E-state index contributed by atoms with van der Waals surface area (Å²) in [5.74, 6) is 1.96. The Hall–Kier alpha value is -0.330. The zero-order valence-corrected chi connectivity index (χ0v) is 6.35. The summed E-state index contributed by atoms with van der Waals surface area (Å²) in [6.45, 7) is 6.35. The second kappa shape index (κ2) is 2.13. The van der Waals surface area contributed by atoms with Crippen LogP contribution in [0.1, 0.15) is 27.2 Å². The molecule has 1 aliphatic rings. The average Bonchev–Trinajstić information content (AvgIpc) is 2.22. The van der Waals surface area contributed by atoms with E-state index in [1.54, 1.807) is 0 Å². The largest absolute Gasteiger partial charge is 0.299 e. The van der Waals surface area contributed by atoms with Crippen LogP contribution in [0.25, 0.3) is 0 Å². The number of hydrogen-bond donors (Lipinski definition) is 0. The van der Waals surface area contributed by atoms with Gasteiger partial charge in [-0.05, 0) is 12.3 Å². The first-order valence-electron chi connectivity index (χ1n) is 3.66. The average molecular weight is 126 g/mol. The van der Waals surface area contributed by atoms with Gasteiger partial charge in [-0.3, -0.25) is 4.79 Å². The number of Topliss-reactive ketones (excluding diaryl/α,β-unsaturated/α-hetero) is 1. The molecule has 0 spiro atoms. The molecule has 1 fully saturated rings. The highest BCUT2D eigenvalue weighted by atomic mass is 16.1. The fourth-order valence-electron chi connectivity index (χ4n) is 1.26.